The Hall–Kier alpha value is -3.15. The zero-order valence-corrected chi connectivity index (χ0v) is 20.4. The molecule has 1 aliphatic rings. The lowest BCUT2D eigenvalue weighted by molar-refractivity contribution is 0.0226. The summed E-state index contributed by atoms with van der Waals surface area (Å²) in [5.74, 6) is 0.814. The number of amides is 1. The average molecular weight is 448 g/mol. The van der Waals surface area contributed by atoms with Crippen LogP contribution in [-0.2, 0) is 11.2 Å². The van der Waals surface area contributed by atoms with Gasteiger partial charge < -0.3 is 14.4 Å². The molecule has 0 unspecified atom stereocenters. The lowest BCUT2D eigenvalue weighted by Gasteiger charge is -2.28. The van der Waals surface area contributed by atoms with Gasteiger partial charge in [0.1, 0.15) is 11.4 Å². The fraction of sp³-hybridized carbons (Fsp3) is 0.444. The largest absolute Gasteiger partial charge is 0.496 e. The molecule has 2 aromatic heterocycles. The number of aryl methyl sites for hydroxylation is 2. The van der Waals surface area contributed by atoms with E-state index in [-0.39, 0.29) is 12.1 Å². The summed E-state index contributed by atoms with van der Waals surface area (Å²) >= 11 is 0. The van der Waals surface area contributed by atoms with Crippen molar-refractivity contribution in [1.29, 1.82) is 0 Å². The zero-order chi connectivity index (χ0) is 23.8. The second-order valence-electron chi connectivity index (χ2n) is 9.88. The lowest BCUT2D eigenvalue weighted by atomic mass is 10.0. The van der Waals surface area contributed by atoms with Crippen molar-refractivity contribution in [2.75, 3.05) is 13.7 Å². The van der Waals surface area contributed by atoms with Gasteiger partial charge in [0.15, 0.2) is 5.65 Å². The molecule has 1 atom stereocenters. The molecule has 1 amide bonds. The van der Waals surface area contributed by atoms with Crippen LogP contribution in [0.1, 0.15) is 50.4 Å². The molecule has 6 nitrogen and oxygen atoms in total. The van der Waals surface area contributed by atoms with E-state index in [1.807, 2.05) is 43.9 Å². The van der Waals surface area contributed by atoms with Gasteiger partial charge in [-0.25, -0.2) is 14.8 Å². The van der Waals surface area contributed by atoms with Crippen molar-refractivity contribution in [2.24, 2.45) is 0 Å². The van der Waals surface area contributed by atoms with Crippen molar-refractivity contribution >= 4 is 17.1 Å². The van der Waals surface area contributed by atoms with Crippen molar-refractivity contribution in [3.8, 4) is 17.0 Å². The second kappa shape index (κ2) is 9.00. The van der Waals surface area contributed by atoms with E-state index >= 15 is 0 Å². The summed E-state index contributed by atoms with van der Waals surface area (Å²) in [5, 5.41) is 0.988. The maximum Gasteiger partial charge on any atom is 0.410 e. The number of pyridine rings is 2. The molecular formula is C27H33N3O3. The number of fused-ring (bicyclic) bond motifs is 1. The zero-order valence-electron chi connectivity index (χ0n) is 20.4. The lowest BCUT2D eigenvalue weighted by Crippen LogP contribution is -2.40. The van der Waals surface area contributed by atoms with Crippen LogP contribution < -0.4 is 4.74 Å². The van der Waals surface area contributed by atoms with Crippen molar-refractivity contribution in [1.82, 2.24) is 14.9 Å². The number of benzene rings is 1. The van der Waals surface area contributed by atoms with E-state index < -0.39 is 5.60 Å². The van der Waals surface area contributed by atoms with Crippen molar-refractivity contribution in [2.45, 2.75) is 65.5 Å². The Labute approximate surface area is 195 Å². The maximum atomic E-state index is 12.7. The van der Waals surface area contributed by atoms with Gasteiger partial charge in [0, 0.05) is 35.7 Å². The number of methoxy groups -OCH3 is 1. The van der Waals surface area contributed by atoms with E-state index in [0.717, 1.165) is 58.6 Å². The summed E-state index contributed by atoms with van der Waals surface area (Å²) in [6.45, 7) is 10.6. The smallest absolute Gasteiger partial charge is 0.410 e. The molecule has 1 fully saturated rings. The Balaban J connectivity index is 1.62. The van der Waals surface area contributed by atoms with E-state index in [1.165, 1.54) is 0 Å². The first kappa shape index (κ1) is 23.0. The monoisotopic (exact) mass is 447 g/mol. The van der Waals surface area contributed by atoms with Gasteiger partial charge in [-0.15, -0.1) is 0 Å². The molecule has 0 saturated carbocycles. The number of ether oxygens (including phenoxy) is 2. The van der Waals surface area contributed by atoms with Gasteiger partial charge in [0.05, 0.1) is 12.8 Å². The molecule has 33 heavy (non-hydrogen) atoms. The van der Waals surface area contributed by atoms with E-state index in [9.17, 15) is 4.79 Å². The van der Waals surface area contributed by atoms with E-state index in [4.69, 9.17) is 19.4 Å². The summed E-state index contributed by atoms with van der Waals surface area (Å²) in [4.78, 5) is 24.3. The predicted molar refractivity (Wildman–Crippen MR) is 131 cm³/mol. The molecular weight excluding hydrogens is 414 g/mol. The fourth-order valence-corrected chi connectivity index (χ4v) is 4.56. The number of carbonyl (C=O) groups is 1. The summed E-state index contributed by atoms with van der Waals surface area (Å²) in [6, 6.07) is 12.4. The van der Waals surface area contributed by atoms with E-state index in [0.29, 0.717) is 12.1 Å². The number of hydrogen-bond acceptors (Lipinski definition) is 5. The summed E-state index contributed by atoms with van der Waals surface area (Å²) in [5.41, 5.74) is 5.24. The molecule has 0 N–H and O–H groups in total. The predicted octanol–water partition coefficient (Wildman–Crippen LogP) is 5.86. The number of hydrogen-bond donors (Lipinski definition) is 0. The van der Waals surface area contributed by atoms with Crippen LogP contribution in [-0.4, -0.2) is 46.3 Å². The minimum Gasteiger partial charge on any atom is -0.496 e. The van der Waals surface area contributed by atoms with Crippen molar-refractivity contribution < 1.29 is 14.3 Å². The fourth-order valence-electron chi connectivity index (χ4n) is 4.56. The Morgan fingerprint density at radius 3 is 2.61 bits per heavy atom. The first-order valence-corrected chi connectivity index (χ1v) is 11.6. The molecule has 6 heteroatoms. The van der Waals surface area contributed by atoms with Crippen LogP contribution in [0, 0.1) is 13.8 Å². The Bertz CT molecular complexity index is 1180. The molecule has 0 spiro atoms. The average Bonchev–Trinajstić information content (AvgIpc) is 3.19. The molecule has 174 valence electrons. The minimum absolute atomic E-state index is 0.0902. The van der Waals surface area contributed by atoms with Crippen LogP contribution in [0.5, 0.6) is 5.75 Å². The molecule has 1 saturated heterocycles. The highest BCUT2D eigenvalue weighted by Gasteiger charge is 2.32. The second-order valence-corrected chi connectivity index (χ2v) is 9.88. The van der Waals surface area contributed by atoms with Crippen LogP contribution in [0.4, 0.5) is 4.79 Å². The first-order valence-electron chi connectivity index (χ1n) is 11.6. The van der Waals surface area contributed by atoms with Crippen LogP contribution in [0.2, 0.25) is 0 Å². The highest BCUT2D eigenvalue weighted by Crippen LogP contribution is 2.34. The minimum atomic E-state index is -0.499. The molecule has 3 heterocycles. The standard InChI is InChI=1S/C27H33N3O3/c1-17-14-18(2)24(23(15-17)32-6)22-12-10-19-9-11-20(28-25(19)29-22)16-21-8-7-13-30(21)26(31)33-27(3,4)5/h9-12,14-15,21H,7-8,13,16H2,1-6H3/t21-/m1/s1. The van der Waals surface area contributed by atoms with Crippen LogP contribution in [0.25, 0.3) is 22.3 Å². The van der Waals surface area contributed by atoms with Crippen molar-refractivity contribution in [3.05, 3.63) is 53.2 Å². The third kappa shape index (κ3) is 5.10. The number of carbonyl (C=O) groups excluding carboxylic acids is 1. The molecule has 3 aromatic rings. The van der Waals surface area contributed by atoms with Gasteiger partial charge in [0.2, 0.25) is 0 Å². The Morgan fingerprint density at radius 1 is 1.12 bits per heavy atom. The van der Waals surface area contributed by atoms with Crippen LogP contribution >= 0.6 is 0 Å². The number of nitrogens with zero attached hydrogens (tertiary/aromatic N) is 3. The van der Waals surface area contributed by atoms with Crippen molar-refractivity contribution in [3.63, 3.8) is 0 Å². The molecule has 1 aromatic carbocycles. The number of likely N-dealkylation sites (tertiary alicyclic amines) is 1. The third-order valence-electron chi connectivity index (χ3n) is 5.98. The quantitative estimate of drug-likeness (QED) is 0.501. The molecule has 0 bridgehead atoms. The van der Waals surface area contributed by atoms with Gasteiger partial charge in [-0.1, -0.05) is 6.07 Å². The number of rotatable bonds is 4. The summed E-state index contributed by atoms with van der Waals surface area (Å²) < 4.78 is 11.3. The van der Waals surface area contributed by atoms with Gasteiger partial charge in [-0.2, -0.15) is 0 Å². The van der Waals surface area contributed by atoms with E-state index in [2.05, 4.69) is 32.0 Å². The van der Waals surface area contributed by atoms with E-state index in [1.54, 1.807) is 7.11 Å². The highest BCUT2D eigenvalue weighted by molar-refractivity contribution is 5.81. The maximum absolute atomic E-state index is 12.7. The first-order chi connectivity index (χ1) is 15.6. The normalized spacial score (nSPS) is 16.3. The Kier molecular flexibility index (Phi) is 6.28. The molecule has 0 radical (unpaired) electrons. The Morgan fingerprint density at radius 2 is 1.88 bits per heavy atom. The number of aromatic nitrogens is 2. The third-order valence-corrected chi connectivity index (χ3v) is 5.98. The van der Waals surface area contributed by atoms with Crippen LogP contribution in [0.15, 0.2) is 36.4 Å². The van der Waals surface area contributed by atoms with Gasteiger partial charge in [-0.3, -0.25) is 0 Å². The molecule has 4 rings (SSSR count). The van der Waals surface area contributed by atoms with Gasteiger partial charge in [0.25, 0.3) is 0 Å². The SMILES string of the molecule is COc1cc(C)cc(C)c1-c1ccc2ccc(C[C@H]3CCCN3C(=O)OC(C)(C)C)nc2n1. The molecule has 1 aliphatic heterocycles. The highest BCUT2D eigenvalue weighted by atomic mass is 16.6. The molecule has 0 aliphatic carbocycles. The summed E-state index contributed by atoms with van der Waals surface area (Å²) in [7, 11) is 1.69. The van der Waals surface area contributed by atoms with Crippen LogP contribution in [0.3, 0.4) is 0 Å². The van der Waals surface area contributed by atoms with Gasteiger partial charge in [-0.05, 0) is 88.9 Å². The van der Waals surface area contributed by atoms with Gasteiger partial charge >= 0.3 is 6.09 Å². The summed E-state index contributed by atoms with van der Waals surface area (Å²) in [6.07, 6.45) is 2.38. The topological polar surface area (TPSA) is 64.5 Å².